The highest BCUT2D eigenvalue weighted by Gasteiger charge is 2.14. The van der Waals surface area contributed by atoms with Crippen LogP contribution in [-0.2, 0) is 13.5 Å². The van der Waals surface area contributed by atoms with Gasteiger partial charge in [0.1, 0.15) is 0 Å². The molecule has 1 aromatic carbocycles. The molecule has 2 heterocycles. The van der Waals surface area contributed by atoms with Crippen molar-refractivity contribution in [2.75, 3.05) is 0 Å². The largest absolute Gasteiger partial charge is 0.339 e. The quantitative estimate of drug-likeness (QED) is 0.775. The highest BCUT2D eigenvalue weighted by Crippen LogP contribution is 2.17. The van der Waals surface area contributed by atoms with E-state index in [-0.39, 0.29) is 6.04 Å². The van der Waals surface area contributed by atoms with E-state index < -0.39 is 0 Å². The fourth-order valence-electron chi connectivity index (χ4n) is 2.17. The molecular formula is C15H17N5O. The van der Waals surface area contributed by atoms with E-state index in [2.05, 4.69) is 15.1 Å². The van der Waals surface area contributed by atoms with Gasteiger partial charge in [-0.1, -0.05) is 35.5 Å². The van der Waals surface area contributed by atoms with Gasteiger partial charge < -0.3 is 14.8 Å². The van der Waals surface area contributed by atoms with E-state index in [0.29, 0.717) is 24.0 Å². The number of hydrogen-bond donors (Lipinski definition) is 1. The van der Waals surface area contributed by atoms with Crippen molar-refractivity contribution in [3.8, 4) is 11.6 Å². The Morgan fingerprint density at radius 3 is 2.81 bits per heavy atom. The van der Waals surface area contributed by atoms with Crippen molar-refractivity contribution in [2.24, 2.45) is 12.8 Å². The number of hydrogen-bond acceptors (Lipinski definition) is 5. The molecule has 0 fully saturated rings. The van der Waals surface area contributed by atoms with Crippen LogP contribution in [-0.4, -0.2) is 19.7 Å². The lowest BCUT2D eigenvalue weighted by atomic mass is 10.0. The van der Waals surface area contributed by atoms with Gasteiger partial charge in [-0.25, -0.2) is 4.98 Å². The summed E-state index contributed by atoms with van der Waals surface area (Å²) in [6.07, 6.45) is 4.95. The smallest absolute Gasteiger partial charge is 0.238 e. The first-order valence-corrected chi connectivity index (χ1v) is 6.85. The molecule has 6 heteroatoms. The molecule has 0 aliphatic carbocycles. The van der Waals surface area contributed by atoms with Gasteiger partial charge in [0.25, 0.3) is 0 Å². The molecule has 0 saturated heterocycles. The second-order valence-corrected chi connectivity index (χ2v) is 4.93. The predicted octanol–water partition coefficient (Wildman–Crippen LogP) is 2.10. The lowest BCUT2D eigenvalue weighted by molar-refractivity contribution is 0.371. The highest BCUT2D eigenvalue weighted by atomic mass is 16.5. The van der Waals surface area contributed by atoms with Gasteiger partial charge in [-0.15, -0.1) is 0 Å². The van der Waals surface area contributed by atoms with Crippen LogP contribution >= 0.6 is 0 Å². The molecule has 2 N–H and O–H groups in total. The van der Waals surface area contributed by atoms with E-state index in [1.54, 1.807) is 6.20 Å². The van der Waals surface area contributed by atoms with Gasteiger partial charge >= 0.3 is 0 Å². The summed E-state index contributed by atoms with van der Waals surface area (Å²) in [5.41, 5.74) is 7.27. The lowest BCUT2D eigenvalue weighted by Crippen LogP contribution is -2.11. The Balaban J connectivity index is 1.64. The van der Waals surface area contributed by atoms with Crippen molar-refractivity contribution in [1.82, 2.24) is 19.7 Å². The molecule has 0 bridgehead atoms. The van der Waals surface area contributed by atoms with Crippen molar-refractivity contribution in [3.63, 3.8) is 0 Å². The number of aryl methyl sites for hydroxylation is 2. The molecule has 2 aromatic heterocycles. The summed E-state index contributed by atoms with van der Waals surface area (Å²) in [5, 5.41) is 3.96. The van der Waals surface area contributed by atoms with Crippen LogP contribution in [0.5, 0.6) is 0 Å². The SMILES string of the molecule is Cn1ccnc1-c1noc(CCC(N)c2ccccc2)n1. The van der Waals surface area contributed by atoms with E-state index >= 15 is 0 Å². The van der Waals surface area contributed by atoms with Gasteiger partial charge in [0.05, 0.1) is 0 Å². The Kier molecular flexibility index (Phi) is 3.79. The summed E-state index contributed by atoms with van der Waals surface area (Å²) in [4.78, 5) is 8.56. The Bertz CT molecular complexity index is 704. The van der Waals surface area contributed by atoms with Crippen molar-refractivity contribution in [2.45, 2.75) is 18.9 Å². The van der Waals surface area contributed by atoms with Crippen LogP contribution in [0.2, 0.25) is 0 Å². The van der Waals surface area contributed by atoms with Crippen LogP contribution in [0, 0.1) is 0 Å². The molecule has 0 spiro atoms. The maximum Gasteiger partial charge on any atom is 0.238 e. The molecule has 3 aromatic rings. The number of rotatable bonds is 5. The summed E-state index contributed by atoms with van der Waals surface area (Å²) in [6.45, 7) is 0. The molecule has 0 aliphatic heterocycles. The molecule has 1 atom stereocenters. The Hall–Kier alpha value is -2.47. The zero-order valence-electron chi connectivity index (χ0n) is 11.8. The summed E-state index contributed by atoms with van der Waals surface area (Å²) in [5.74, 6) is 1.78. The standard InChI is InChI=1S/C15H17N5O/c1-20-10-9-17-15(20)14-18-13(21-19-14)8-7-12(16)11-5-3-2-4-6-11/h2-6,9-10,12H,7-8,16H2,1H3. The average molecular weight is 283 g/mol. The predicted molar refractivity (Wildman–Crippen MR) is 78.2 cm³/mol. The van der Waals surface area contributed by atoms with Crippen molar-refractivity contribution >= 4 is 0 Å². The van der Waals surface area contributed by atoms with Crippen LogP contribution in [0.1, 0.15) is 23.9 Å². The normalized spacial score (nSPS) is 12.5. The minimum atomic E-state index is -0.0327. The number of benzene rings is 1. The van der Waals surface area contributed by atoms with Gasteiger partial charge in [-0.05, 0) is 12.0 Å². The minimum Gasteiger partial charge on any atom is -0.339 e. The number of aromatic nitrogens is 4. The first-order chi connectivity index (χ1) is 10.2. The van der Waals surface area contributed by atoms with E-state index in [4.69, 9.17) is 10.3 Å². The summed E-state index contributed by atoms with van der Waals surface area (Å²) >= 11 is 0. The van der Waals surface area contributed by atoms with E-state index in [1.165, 1.54) is 0 Å². The van der Waals surface area contributed by atoms with Crippen LogP contribution in [0.25, 0.3) is 11.6 Å². The fraction of sp³-hybridized carbons (Fsp3) is 0.267. The number of nitrogens with two attached hydrogens (primary N) is 1. The molecule has 21 heavy (non-hydrogen) atoms. The van der Waals surface area contributed by atoms with Gasteiger partial charge in [0, 0.05) is 31.9 Å². The van der Waals surface area contributed by atoms with Crippen molar-refractivity contribution < 1.29 is 4.52 Å². The van der Waals surface area contributed by atoms with Gasteiger partial charge in [-0.3, -0.25) is 0 Å². The van der Waals surface area contributed by atoms with Crippen LogP contribution < -0.4 is 5.73 Å². The number of nitrogens with zero attached hydrogens (tertiary/aromatic N) is 4. The monoisotopic (exact) mass is 283 g/mol. The minimum absolute atomic E-state index is 0.0327. The summed E-state index contributed by atoms with van der Waals surface area (Å²) < 4.78 is 7.11. The zero-order valence-corrected chi connectivity index (χ0v) is 11.8. The van der Waals surface area contributed by atoms with Gasteiger partial charge in [0.15, 0.2) is 5.82 Å². The second kappa shape index (κ2) is 5.88. The van der Waals surface area contributed by atoms with E-state index in [9.17, 15) is 0 Å². The molecule has 6 nitrogen and oxygen atoms in total. The molecule has 3 rings (SSSR count). The Morgan fingerprint density at radius 2 is 2.10 bits per heavy atom. The fourth-order valence-corrected chi connectivity index (χ4v) is 2.17. The third-order valence-electron chi connectivity index (χ3n) is 3.39. The molecule has 0 radical (unpaired) electrons. The topological polar surface area (TPSA) is 82.8 Å². The van der Waals surface area contributed by atoms with E-state index in [0.717, 1.165) is 12.0 Å². The first-order valence-electron chi connectivity index (χ1n) is 6.85. The Labute approximate surface area is 122 Å². The van der Waals surface area contributed by atoms with Gasteiger partial charge in [-0.2, -0.15) is 4.98 Å². The van der Waals surface area contributed by atoms with Crippen LogP contribution in [0.4, 0.5) is 0 Å². The third-order valence-corrected chi connectivity index (χ3v) is 3.39. The lowest BCUT2D eigenvalue weighted by Gasteiger charge is -2.09. The Morgan fingerprint density at radius 1 is 1.29 bits per heavy atom. The zero-order chi connectivity index (χ0) is 14.7. The molecule has 1 unspecified atom stereocenters. The molecule has 0 saturated carbocycles. The van der Waals surface area contributed by atoms with Crippen LogP contribution in [0.3, 0.4) is 0 Å². The average Bonchev–Trinajstić information content (AvgIpc) is 3.14. The molecular weight excluding hydrogens is 266 g/mol. The molecule has 0 aliphatic rings. The van der Waals surface area contributed by atoms with Crippen molar-refractivity contribution in [1.29, 1.82) is 0 Å². The summed E-state index contributed by atoms with van der Waals surface area (Å²) in [7, 11) is 1.89. The summed E-state index contributed by atoms with van der Waals surface area (Å²) in [6, 6.07) is 9.97. The van der Waals surface area contributed by atoms with Gasteiger partial charge in [0.2, 0.25) is 11.7 Å². The van der Waals surface area contributed by atoms with E-state index in [1.807, 2.05) is 48.1 Å². The van der Waals surface area contributed by atoms with Crippen molar-refractivity contribution in [3.05, 3.63) is 54.2 Å². The number of imidazole rings is 1. The second-order valence-electron chi connectivity index (χ2n) is 4.93. The first kappa shape index (κ1) is 13.5. The highest BCUT2D eigenvalue weighted by molar-refractivity contribution is 5.42. The maximum absolute atomic E-state index is 6.16. The van der Waals surface area contributed by atoms with Crippen LogP contribution in [0.15, 0.2) is 47.2 Å². The molecule has 0 amide bonds. The maximum atomic E-state index is 6.16. The molecule has 108 valence electrons. The third kappa shape index (κ3) is 3.00.